The first-order valence-corrected chi connectivity index (χ1v) is 11.6. The zero-order chi connectivity index (χ0) is 24.0. The first kappa shape index (κ1) is 27.1. The summed E-state index contributed by atoms with van der Waals surface area (Å²) in [6.07, 6.45) is 0.171. The number of hydrogen-bond donors (Lipinski definition) is 5. The van der Waals surface area contributed by atoms with Crippen LogP contribution < -0.4 is 16.8 Å². The Bertz CT molecular complexity index is 919. The monoisotopic (exact) mass is 495 g/mol. The predicted octanol–water partition coefficient (Wildman–Crippen LogP) is 1.15. The average Bonchev–Trinajstić information content (AvgIpc) is 2.61. The third-order valence-corrected chi connectivity index (χ3v) is 7.30. The third kappa shape index (κ3) is 8.26. The summed E-state index contributed by atoms with van der Waals surface area (Å²) in [6, 6.07) is 3.68. The number of hydrogen-bond acceptors (Lipinski definition) is 7. The molecule has 0 aromatic heterocycles. The van der Waals surface area contributed by atoms with Crippen molar-refractivity contribution in [1.82, 2.24) is 10.2 Å². The van der Waals surface area contributed by atoms with Crippen molar-refractivity contribution in [3.63, 3.8) is 0 Å². The van der Waals surface area contributed by atoms with Crippen LogP contribution in [-0.2, 0) is 26.0 Å². The highest BCUT2D eigenvalue weighted by atomic mass is 35.5. The Morgan fingerprint density at radius 1 is 1.26 bits per heavy atom. The molecule has 0 heterocycles. The van der Waals surface area contributed by atoms with Gasteiger partial charge in [0.1, 0.15) is 16.7 Å². The van der Waals surface area contributed by atoms with Gasteiger partial charge in [-0.3, -0.25) is 25.2 Å². The summed E-state index contributed by atoms with van der Waals surface area (Å²) in [7, 11) is -4.02. The second kappa shape index (κ2) is 11.1. The number of amides is 1. The molecule has 174 valence electrons. The molecule has 0 spiro atoms. The molecule has 1 amide bonds. The molecule has 0 saturated carbocycles. The second-order valence-electron chi connectivity index (χ2n) is 7.42. The van der Waals surface area contributed by atoms with Gasteiger partial charge in [-0.2, -0.15) is 0 Å². The Hall–Kier alpha value is -1.92. The summed E-state index contributed by atoms with van der Waals surface area (Å²) in [5.41, 5.74) is 11.5. The van der Waals surface area contributed by atoms with Crippen LogP contribution in [0.3, 0.4) is 0 Å². The fourth-order valence-corrected chi connectivity index (χ4v) is 4.24. The molecule has 0 saturated heterocycles. The summed E-state index contributed by atoms with van der Waals surface area (Å²) >= 11 is 11.9. The molecule has 1 aromatic carbocycles. The number of nitrogens with one attached hydrogen (secondary N) is 2. The molecule has 0 radical (unpaired) electrons. The van der Waals surface area contributed by atoms with E-state index in [0.29, 0.717) is 15.6 Å². The maximum absolute atomic E-state index is 12.8. The number of guanidine groups is 1. The number of sulfone groups is 1. The number of halogens is 2. The van der Waals surface area contributed by atoms with Crippen LogP contribution in [0.4, 0.5) is 0 Å². The van der Waals surface area contributed by atoms with Crippen LogP contribution in [0.25, 0.3) is 0 Å². The number of nitrogens with two attached hydrogens (primary N) is 2. The van der Waals surface area contributed by atoms with Gasteiger partial charge in [0.05, 0.1) is 0 Å². The smallest absolute Gasteiger partial charge is 0.320 e. The Morgan fingerprint density at radius 3 is 2.29 bits per heavy atom. The highest BCUT2D eigenvalue weighted by Crippen LogP contribution is 2.21. The third-order valence-electron chi connectivity index (χ3n) is 4.54. The van der Waals surface area contributed by atoms with Gasteiger partial charge in [0.2, 0.25) is 5.91 Å². The Morgan fingerprint density at radius 2 is 1.81 bits per heavy atom. The SMILES string of the molecule is CC(C)(NCc1cc(Cl)cc(Cl)c1)S(=O)(=O)CC(=O)N(CCCC(N)C(=O)O)C(=N)N. The van der Waals surface area contributed by atoms with E-state index in [-0.39, 0.29) is 25.9 Å². The number of benzene rings is 1. The zero-order valence-electron chi connectivity index (χ0n) is 17.2. The molecular formula is C18H27Cl2N5O5S. The lowest BCUT2D eigenvalue weighted by atomic mass is 10.1. The molecule has 7 N–H and O–H groups in total. The highest BCUT2D eigenvalue weighted by molar-refractivity contribution is 7.93. The second-order valence-corrected chi connectivity index (χ2v) is 10.8. The topological polar surface area (TPSA) is 180 Å². The van der Waals surface area contributed by atoms with Crippen molar-refractivity contribution >= 4 is 50.9 Å². The van der Waals surface area contributed by atoms with Crippen LogP contribution >= 0.6 is 23.2 Å². The van der Waals surface area contributed by atoms with E-state index < -0.39 is 44.3 Å². The van der Waals surface area contributed by atoms with Crippen molar-refractivity contribution in [1.29, 1.82) is 5.41 Å². The number of carboxylic acids is 1. The lowest BCUT2D eigenvalue weighted by Crippen LogP contribution is -2.52. The van der Waals surface area contributed by atoms with Gasteiger partial charge in [0.15, 0.2) is 15.8 Å². The van der Waals surface area contributed by atoms with Crippen molar-refractivity contribution in [2.24, 2.45) is 11.5 Å². The number of carboxylic acid groups (broad SMARTS) is 1. The number of carbonyl (C=O) groups is 2. The van der Waals surface area contributed by atoms with E-state index in [1.54, 1.807) is 18.2 Å². The summed E-state index contributed by atoms with van der Waals surface area (Å²) in [5.74, 6) is -3.62. The van der Waals surface area contributed by atoms with Crippen molar-refractivity contribution in [2.45, 2.75) is 44.1 Å². The molecule has 0 bridgehead atoms. The van der Waals surface area contributed by atoms with Crippen LogP contribution in [0.1, 0.15) is 32.3 Å². The van der Waals surface area contributed by atoms with E-state index in [1.165, 1.54) is 13.8 Å². The van der Waals surface area contributed by atoms with Gasteiger partial charge in [0, 0.05) is 23.1 Å². The van der Waals surface area contributed by atoms with Gasteiger partial charge in [-0.1, -0.05) is 23.2 Å². The lowest BCUT2D eigenvalue weighted by molar-refractivity contribution is -0.138. The van der Waals surface area contributed by atoms with Crippen LogP contribution in [0, 0.1) is 5.41 Å². The zero-order valence-corrected chi connectivity index (χ0v) is 19.5. The van der Waals surface area contributed by atoms with Gasteiger partial charge >= 0.3 is 5.97 Å². The average molecular weight is 496 g/mol. The molecule has 1 rings (SSSR count). The summed E-state index contributed by atoms with van der Waals surface area (Å²) < 4.78 is 25.7. The maximum Gasteiger partial charge on any atom is 0.320 e. The first-order chi connectivity index (χ1) is 14.2. The van der Waals surface area contributed by atoms with E-state index in [4.69, 9.17) is 45.2 Å². The van der Waals surface area contributed by atoms with Crippen LogP contribution in [0.5, 0.6) is 0 Å². The van der Waals surface area contributed by atoms with Crippen LogP contribution in [-0.4, -0.2) is 59.5 Å². The molecule has 0 aliphatic carbocycles. The molecule has 10 nitrogen and oxygen atoms in total. The number of rotatable bonds is 11. The number of carbonyl (C=O) groups excluding carboxylic acids is 1. The van der Waals surface area contributed by atoms with Gasteiger partial charge in [-0.05, 0) is 50.5 Å². The van der Waals surface area contributed by atoms with Gasteiger partial charge in [-0.15, -0.1) is 0 Å². The largest absolute Gasteiger partial charge is 0.480 e. The van der Waals surface area contributed by atoms with Crippen molar-refractivity contribution in [3.05, 3.63) is 33.8 Å². The minimum Gasteiger partial charge on any atom is -0.480 e. The number of aliphatic carboxylic acids is 1. The molecule has 31 heavy (non-hydrogen) atoms. The van der Waals surface area contributed by atoms with E-state index in [9.17, 15) is 18.0 Å². The minimum absolute atomic E-state index is 0.0361. The Balaban J connectivity index is 2.81. The van der Waals surface area contributed by atoms with Gasteiger partial charge in [-0.25, -0.2) is 8.42 Å². The normalized spacial score (nSPS) is 12.9. The molecule has 13 heteroatoms. The summed E-state index contributed by atoms with van der Waals surface area (Å²) in [4.78, 5) is 22.6. The maximum atomic E-state index is 12.8. The van der Waals surface area contributed by atoms with Crippen LogP contribution in [0.2, 0.25) is 10.0 Å². The molecule has 1 atom stereocenters. The van der Waals surface area contributed by atoms with Gasteiger partial charge < -0.3 is 16.6 Å². The lowest BCUT2D eigenvalue weighted by Gasteiger charge is -2.28. The predicted molar refractivity (Wildman–Crippen MR) is 120 cm³/mol. The fraction of sp³-hybridized carbons (Fsp3) is 0.500. The Labute approximate surface area is 191 Å². The molecular weight excluding hydrogens is 469 g/mol. The van der Waals surface area contributed by atoms with Gasteiger partial charge in [0.25, 0.3) is 0 Å². The summed E-state index contributed by atoms with van der Waals surface area (Å²) in [5, 5.41) is 20.0. The molecule has 1 aromatic rings. The fourth-order valence-electron chi connectivity index (χ4n) is 2.53. The standard InChI is InChI=1S/C18H27Cl2N5O5S/c1-18(2,24-9-11-6-12(19)8-13(20)7-11)31(29,30)10-15(26)25(17(22)23)5-3-4-14(21)16(27)28/h6-8,14,24H,3-5,9-10,21H2,1-2H3,(H3,22,23)(H,27,28). The van der Waals surface area contributed by atoms with E-state index >= 15 is 0 Å². The number of nitrogens with zero attached hydrogens (tertiary/aromatic N) is 1. The van der Waals surface area contributed by atoms with Crippen molar-refractivity contribution < 1.29 is 23.1 Å². The van der Waals surface area contributed by atoms with Crippen LogP contribution in [0.15, 0.2) is 18.2 Å². The quantitative estimate of drug-likeness (QED) is 0.223. The molecule has 1 unspecified atom stereocenters. The molecule has 0 fully saturated rings. The first-order valence-electron chi connectivity index (χ1n) is 9.21. The minimum atomic E-state index is -4.02. The Kier molecular flexibility index (Phi) is 9.70. The molecule has 0 aliphatic heterocycles. The molecule has 0 aliphatic rings. The van der Waals surface area contributed by atoms with E-state index in [0.717, 1.165) is 4.90 Å². The van der Waals surface area contributed by atoms with E-state index in [1.807, 2.05) is 0 Å². The summed E-state index contributed by atoms with van der Waals surface area (Å²) in [6.45, 7) is 2.82. The highest BCUT2D eigenvalue weighted by Gasteiger charge is 2.37. The van der Waals surface area contributed by atoms with E-state index in [2.05, 4.69) is 5.32 Å². The van der Waals surface area contributed by atoms with Crippen molar-refractivity contribution in [3.8, 4) is 0 Å². The van der Waals surface area contributed by atoms with Crippen molar-refractivity contribution in [2.75, 3.05) is 12.3 Å².